The first kappa shape index (κ1) is 11.4. The smallest absolute Gasteiger partial charge is 0.161 e. The number of carbonyl (C=O) groups excluding carboxylic acids is 1. The molecule has 0 amide bonds. The Hall–Kier alpha value is -1.12. The van der Waals surface area contributed by atoms with Gasteiger partial charge in [0, 0.05) is 30.1 Å². The van der Waals surface area contributed by atoms with Crippen molar-refractivity contribution in [3.63, 3.8) is 0 Å². The zero-order chi connectivity index (χ0) is 11.5. The van der Waals surface area contributed by atoms with Gasteiger partial charge in [-0.3, -0.25) is 4.79 Å². The molecule has 1 aliphatic rings. The van der Waals surface area contributed by atoms with Crippen LogP contribution in [0.5, 0.6) is 0 Å². The number of Topliss-reactive ketones (excluding diaryl/α,β-unsaturated/α-hetero) is 1. The fourth-order valence-electron chi connectivity index (χ4n) is 1.83. The van der Waals surface area contributed by atoms with E-state index in [2.05, 4.69) is 4.90 Å². The summed E-state index contributed by atoms with van der Waals surface area (Å²) in [6, 6.07) is 7.56. The second-order valence-electron chi connectivity index (χ2n) is 4.14. The summed E-state index contributed by atoms with van der Waals surface area (Å²) in [6.07, 6.45) is 2.55. The van der Waals surface area contributed by atoms with Crippen molar-refractivity contribution >= 4 is 23.5 Å². The van der Waals surface area contributed by atoms with Crippen LogP contribution in [-0.4, -0.2) is 30.8 Å². The van der Waals surface area contributed by atoms with Gasteiger partial charge in [-0.15, -0.1) is 0 Å². The molecule has 0 unspecified atom stereocenters. The quantitative estimate of drug-likeness (QED) is 0.698. The number of carbonyl (C=O) groups is 1. The predicted octanol–water partition coefficient (Wildman–Crippen LogP) is 2.63. The van der Waals surface area contributed by atoms with E-state index in [1.54, 1.807) is 0 Å². The molecule has 0 bridgehead atoms. The molecule has 16 heavy (non-hydrogen) atoms. The summed E-state index contributed by atoms with van der Waals surface area (Å²) in [5.41, 5.74) is 1.86. The average Bonchev–Trinajstić information content (AvgIpc) is 2.24. The maximum Gasteiger partial charge on any atom is 0.161 e. The lowest BCUT2D eigenvalue weighted by Crippen LogP contribution is -2.32. The second-order valence-corrected chi connectivity index (χ2v) is 4.57. The number of hydrogen-bond donors (Lipinski definition) is 0. The van der Waals surface area contributed by atoms with Crippen LogP contribution in [0, 0.1) is 0 Å². The van der Waals surface area contributed by atoms with E-state index >= 15 is 0 Å². The van der Waals surface area contributed by atoms with E-state index < -0.39 is 0 Å². The molecule has 0 radical (unpaired) electrons. The van der Waals surface area contributed by atoms with Crippen LogP contribution >= 0.6 is 11.6 Å². The third kappa shape index (κ3) is 2.71. The van der Waals surface area contributed by atoms with Crippen LogP contribution in [0.25, 0.3) is 6.08 Å². The van der Waals surface area contributed by atoms with Crippen molar-refractivity contribution in [3.05, 3.63) is 40.4 Å². The van der Waals surface area contributed by atoms with Crippen molar-refractivity contribution in [1.82, 2.24) is 4.90 Å². The normalized spacial score (nSPS) is 20.4. The first-order valence-electron chi connectivity index (χ1n) is 5.33. The van der Waals surface area contributed by atoms with Gasteiger partial charge in [0.25, 0.3) is 0 Å². The van der Waals surface area contributed by atoms with Gasteiger partial charge in [-0.05, 0) is 30.8 Å². The highest BCUT2D eigenvalue weighted by molar-refractivity contribution is 6.30. The highest BCUT2D eigenvalue weighted by Crippen LogP contribution is 2.17. The van der Waals surface area contributed by atoms with E-state index in [0.29, 0.717) is 11.4 Å². The maximum absolute atomic E-state index is 11.7. The summed E-state index contributed by atoms with van der Waals surface area (Å²) in [5, 5.41) is 0.700. The lowest BCUT2D eigenvalue weighted by atomic mass is 10.0. The van der Waals surface area contributed by atoms with Crippen LogP contribution in [0.1, 0.15) is 12.0 Å². The number of piperidine rings is 1. The van der Waals surface area contributed by atoms with Crippen LogP contribution in [0.4, 0.5) is 0 Å². The Balaban J connectivity index is 2.25. The van der Waals surface area contributed by atoms with E-state index in [9.17, 15) is 4.79 Å². The summed E-state index contributed by atoms with van der Waals surface area (Å²) in [4.78, 5) is 13.9. The van der Waals surface area contributed by atoms with Crippen molar-refractivity contribution in [2.75, 3.05) is 20.1 Å². The first-order valence-corrected chi connectivity index (χ1v) is 5.71. The van der Waals surface area contributed by atoms with Gasteiger partial charge in [-0.2, -0.15) is 0 Å². The minimum Gasteiger partial charge on any atom is -0.302 e. The molecule has 1 fully saturated rings. The largest absolute Gasteiger partial charge is 0.302 e. The van der Waals surface area contributed by atoms with Crippen molar-refractivity contribution in [3.8, 4) is 0 Å². The van der Waals surface area contributed by atoms with E-state index in [4.69, 9.17) is 11.6 Å². The van der Waals surface area contributed by atoms with E-state index in [0.717, 1.165) is 24.2 Å². The fraction of sp³-hybridized carbons (Fsp3) is 0.308. The molecular weight excluding hydrogens is 222 g/mol. The summed E-state index contributed by atoms with van der Waals surface area (Å²) in [7, 11) is 2.03. The number of halogens is 1. The van der Waals surface area contributed by atoms with Gasteiger partial charge in [-0.25, -0.2) is 0 Å². The van der Waals surface area contributed by atoms with Crippen LogP contribution in [0.3, 0.4) is 0 Å². The number of likely N-dealkylation sites (N-methyl/N-ethyl adjacent to an activating group) is 1. The number of rotatable bonds is 1. The Labute approximate surface area is 101 Å². The van der Waals surface area contributed by atoms with Gasteiger partial charge in [0.2, 0.25) is 0 Å². The molecule has 3 heteroatoms. The lowest BCUT2D eigenvalue weighted by Gasteiger charge is -2.23. The first-order chi connectivity index (χ1) is 7.65. The molecule has 1 aromatic rings. The van der Waals surface area contributed by atoms with Crippen molar-refractivity contribution in [2.24, 2.45) is 0 Å². The molecule has 0 N–H and O–H groups in total. The molecular formula is C13H14ClNO. The van der Waals surface area contributed by atoms with Gasteiger partial charge in [0.05, 0.1) is 0 Å². The summed E-state index contributed by atoms with van der Waals surface area (Å²) in [6.45, 7) is 1.58. The molecule has 1 heterocycles. The molecule has 2 rings (SSSR count). The predicted molar refractivity (Wildman–Crippen MR) is 66.6 cm³/mol. The molecule has 1 aliphatic heterocycles. The highest BCUT2D eigenvalue weighted by Gasteiger charge is 2.18. The van der Waals surface area contributed by atoms with Gasteiger partial charge in [-0.1, -0.05) is 23.7 Å². The van der Waals surface area contributed by atoms with Crippen LogP contribution < -0.4 is 0 Å². The standard InChI is InChI=1S/C13H14ClNO/c1-15-6-5-13(16)11(9-15)7-10-3-2-4-12(14)8-10/h2-4,7-8H,5-6,9H2,1H3/b11-7+. The monoisotopic (exact) mass is 235 g/mol. The third-order valence-electron chi connectivity index (χ3n) is 2.71. The summed E-state index contributed by atoms with van der Waals surface area (Å²) in [5.74, 6) is 0.248. The zero-order valence-corrected chi connectivity index (χ0v) is 10.00. The molecule has 0 atom stereocenters. The molecule has 1 aromatic carbocycles. The van der Waals surface area contributed by atoms with Gasteiger partial charge in [0.15, 0.2) is 5.78 Å². The molecule has 0 saturated carbocycles. The van der Waals surface area contributed by atoms with Crippen LogP contribution in [0.2, 0.25) is 5.02 Å². The van der Waals surface area contributed by atoms with Crippen molar-refractivity contribution in [1.29, 1.82) is 0 Å². The Morgan fingerprint density at radius 3 is 3.00 bits per heavy atom. The van der Waals surface area contributed by atoms with E-state index in [1.807, 2.05) is 37.4 Å². The van der Waals surface area contributed by atoms with Gasteiger partial charge < -0.3 is 4.90 Å². The van der Waals surface area contributed by atoms with Crippen molar-refractivity contribution < 1.29 is 4.79 Å². The molecule has 0 spiro atoms. The summed E-state index contributed by atoms with van der Waals surface area (Å²) >= 11 is 5.90. The van der Waals surface area contributed by atoms with Crippen LogP contribution in [-0.2, 0) is 4.79 Å². The Bertz CT molecular complexity index is 439. The Morgan fingerprint density at radius 2 is 2.25 bits per heavy atom. The second kappa shape index (κ2) is 4.81. The van der Waals surface area contributed by atoms with Crippen molar-refractivity contribution in [2.45, 2.75) is 6.42 Å². The third-order valence-corrected chi connectivity index (χ3v) is 2.94. The zero-order valence-electron chi connectivity index (χ0n) is 9.24. The SMILES string of the molecule is CN1CCC(=O)/C(=C/c2cccc(Cl)c2)C1. The fourth-order valence-corrected chi connectivity index (χ4v) is 2.03. The topological polar surface area (TPSA) is 20.3 Å². The molecule has 2 nitrogen and oxygen atoms in total. The van der Waals surface area contributed by atoms with Gasteiger partial charge in [0.1, 0.15) is 0 Å². The molecule has 0 aromatic heterocycles. The Kier molecular flexibility index (Phi) is 3.42. The number of likely N-dealkylation sites (tertiary alicyclic amines) is 1. The van der Waals surface area contributed by atoms with E-state index in [-0.39, 0.29) is 5.78 Å². The number of benzene rings is 1. The van der Waals surface area contributed by atoms with E-state index in [1.165, 1.54) is 0 Å². The number of hydrogen-bond acceptors (Lipinski definition) is 2. The number of ketones is 1. The average molecular weight is 236 g/mol. The lowest BCUT2D eigenvalue weighted by molar-refractivity contribution is -0.117. The Morgan fingerprint density at radius 1 is 1.44 bits per heavy atom. The van der Waals surface area contributed by atoms with Gasteiger partial charge >= 0.3 is 0 Å². The minimum atomic E-state index is 0.248. The van der Waals surface area contributed by atoms with Crippen LogP contribution in [0.15, 0.2) is 29.8 Å². The number of nitrogens with zero attached hydrogens (tertiary/aromatic N) is 1. The molecule has 1 saturated heterocycles. The molecule has 84 valence electrons. The minimum absolute atomic E-state index is 0.248. The summed E-state index contributed by atoms with van der Waals surface area (Å²) < 4.78 is 0. The molecule has 0 aliphatic carbocycles. The highest BCUT2D eigenvalue weighted by atomic mass is 35.5. The maximum atomic E-state index is 11.7.